The van der Waals surface area contributed by atoms with Crippen LogP contribution in [0.25, 0.3) is 11.3 Å². The van der Waals surface area contributed by atoms with Crippen LogP contribution in [-0.4, -0.2) is 39.1 Å². The molecule has 7 heteroatoms. The fourth-order valence-electron chi connectivity index (χ4n) is 1.93. The van der Waals surface area contributed by atoms with Crippen molar-refractivity contribution >= 4 is 5.97 Å². The molecular weight excluding hydrogens is 286 g/mol. The van der Waals surface area contributed by atoms with E-state index in [-0.39, 0.29) is 25.3 Å². The van der Waals surface area contributed by atoms with Crippen LogP contribution in [0.1, 0.15) is 23.7 Å². The molecule has 0 radical (unpaired) electrons. The van der Waals surface area contributed by atoms with E-state index in [1.54, 1.807) is 31.5 Å². The number of pyridine rings is 1. The second-order valence-electron chi connectivity index (χ2n) is 4.51. The number of hydrogen-bond donors (Lipinski definition) is 1. The highest BCUT2D eigenvalue weighted by molar-refractivity contribution is 5.90. The number of aromatic nitrogens is 3. The van der Waals surface area contributed by atoms with Gasteiger partial charge in [0, 0.05) is 31.1 Å². The van der Waals surface area contributed by atoms with Crippen molar-refractivity contribution in [2.24, 2.45) is 0 Å². The predicted octanol–water partition coefficient (Wildman–Crippen LogP) is 0.864. The summed E-state index contributed by atoms with van der Waals surface area (Å²) in [5.74, 6) is -0.678. The molecule has 0 saturated heterocycles. The van der Waals surface area contributed by atoms with E-state index < -0.39 is 11.5 Å². The summed E-state index contributed by atoms with van der Waals surface area (Å²) in [6.45, 7) is 2.01. The molecule has 2 aromatic rings. The Morgan fingerprint density at radius 3 is 2.73 bits per heavy atom. The van der Waals surface area contributed by atoms with Gasteiger partial charge in [-0.15, -0.1) is 0 Å². The number of hydrogen-bond acceptors (Lipinski definition) is 6. The van der Waals surface area contributed by atoms with E-state index in [1.165, 1.54) is 10.7 Å². The molecule has 0 saturated carbocycles. The molecule has 2 heterocycles. The zero-order valence-electron chi connectivity index (χ0n) is 12.2. The minimum absolute atomic E-state index is 0.0671. The van der Waals surface area contributed by atoms with Crippen molar-refractivity contribution in [3.05, 3.63) is 46.5 Å². The number of aryl methyl sites for hydroxylation is 1. The molecule has 0 spiro atoms. The Bertz CT molecular complexity index is 698. The van der Waals surface area contributed by atoms with E-state index in [9.17, 15) is 9.59 Å². The van der Waals surface area contributed by atoms with Crippen LogP contribution in [-0.2, 0) is 11.3 Å². The smallest absolute Gasteiger partial charge is 0.343 e. The molecular formula is C15H17N3O4. The molecule has 0 aliphatic rings. The first kappa shape index (κ1) is 15.8. The number of nitrogens with zero attached hydrogens (tertiary/aromatic N) is 3. The normalized spacial score (nSPS) is 10.5. The fourth-order valence-corrected chi connectivity index (χ4v) is 1.93. The van der Waals surface area contributed by atoms with Gasteiger partial charge in [-0.1, -0.05) is 0 Å². The van der Waals surface area contributed by atoms with E-state index in [0.717, 1.165) is 5.56 Å². The minimum atomic E-state index is -0.678. The maximum absolute atomic E-state index is 12.3. The second kappa shape index (κ2) is 7.46. The fraction of sp³-hybridized carbons (Fsp3) is 0.333. The number of aliphatic hydroxyl groups excluding tert-OH is 1. The van der Waals surface area contributed by atoms with Crippen molar-refractivity contribution in [1.29, 1.82) is 0 Å². The highest BCUT2D eigenvalue weighted by Crippen LogP contribution is 2.15. The van der Waals surface area contributed by atoms with Gasteiger partial charge >= 0.3 is 5.97 Å². The molecule has 0 aliphatic carbocycles. The average molecular weight is 303 g/mol. The van der Waals surface area contributed by atoms with Gasteiger partial charge in [0.25, 0.3) is 5.56 Å². The highest BCUT2D eigenvalue weighted by Gasteiger charge is 2.17. The summed E-state index contributed by atoms with van der Waals surface area (Å²) in [5.41, 5.74) is 0.618. The minimum Gasteiger partial charge on any atom is -0.462 e. The maximum atomic E-state index is 12.3. The third-order valence-electron chi connectivity index (χ3n) is 2.97. The topological polar surface area (TPSA) is 94.3 Å². The number of rotatable bonds is 6. The van der Waals surface area contributed by atoms with Crippen LogP contribution < -0.4 is 5.56 Å². The summed E-state index contributed by atoms with van der Waals surface area (Å²) in [5, 5.41) is 13.2. The first-order chi connectivity index (χ1) is 10.7. The SMILES string of the molecule is CCOC(=O)c1cc(-c2ccncc2)nn(CCCO)c1=O. The Hall–Kier alpha value is -2.54. The highest BCUT2D eigenvalue weighted by atomic mass is 16.5. The third-order valence-corrected chi connectivity index (χ3v) is 2.97. The first-order valence-corrected chi connectivity index (χ1v) is 6.98. The number of carbonyl (C=O) groups is 1. The molecule has 116 valence electrons. The van der Waals surface area contributed by atoms with Gasteiger partial charge < -0.3 is 9.84 Å². The van der Waals surface area contributed by atoms with Crippen LogP contribution in [0.15, 0.2) is 35.4 Å². The molecule has 7 nitrogen and oxygen atoms in total. The van der Waals surface area contributed by atoms with Gasteiger partial charge in [0.1, 0.15) is 5.56 Å². The summed E-state index contributed by atoms with van der Waals surface area (Å²) in [6.07, 6.45) is 3.57. The summed E-state index contributed by atoms with van der Waals surface area (Å²) >= 11 is 0. The molecule has 0 fully saturated rings. The molecule has 0 aromatic carbocycles. The average Bonchev–Trinajstić information content (AvgIpc) is 2.55. The van der Waals surface area contributed by atoms with Crippen LogP contribution in [0.3, 0.4) is 0 Å². The lowest BCUT2D eigenvalue weighted by Crippen LogP contribution is -2.30. The number of carbonyl (C=O) groups excluding carboxylic acids is 1. The molecule has 0 unspecified atom stereocenters. The Morgan fingerprint density at radius 2 is 2.09 bits per heavy atom. The van der Waals surface area contributed by atoms with Crippen molar-refractivity contribution in [3.63, 3.8) is 0 Å². The molecule has 0 aliphatic heterocycles. The predicted molar refractivity (Wildman–Crippen MR) is 79.4 cm³/mol. The van der Waals surface area contributed by atoms with Crippen LogP contribution in [0.4, 0.5) is 0 Å². The molecule has 0 atom stereocenters. The Balaban J connectivity index is 2.53. The van der Waals surface area contributed by atoms with Crippen molar-refractivity contribution in [3.8, 4) is 11.3 Å². The molecule has 0 bridgehead atoms. The zero-order valence-corrected chi connectivity index (χ0v) is 12.2. The summed E-state index contributed by atoms with van der Waals surface area (Å²) in [7, 11) is 0. The summed E-state index contributed by atoms with van der Waals surface area (Å²) in [4.78, 5) is 28.2. The lowest BCUT2D eigenvalue weighted by atomic mass is 10.1. The first-order valence-electron chi connectivity index (χ1n) is 6.98. The largest absolute Gasteiger partial charge is 0.462 e. The van der Waals surface area contributed by atoms with Gasteiger partial charge in [-0.3, -0.25) is 9.78 Å². The molecule has 2 rings (SSSR count). The van der Waals surface area contributed by atoms with Gasteiger partial charge in [0.05, 0.1) is 12.3 Å². The van der Waals surface area contributed by atoms with Gasteiger partial charge in [-0.05, 0) is 31.5 Å². The lowest BCUT2D eigenvalue weighted by molar-refractivity contribution is 0.0523. The van der Waals surface area contributed by atoms with Crippen molar-refractivity contribution < 1.29 is 14.6 Å². The molecule has 1 N–H and O–H groups in total. The van der Waals surface area contributed by atoms with Crippen molar-refractivity contribution in [1.82, 2.24) is 14.8 Å². The number of esters is 1. The van der Waals surface area contributed by atoms with E-state index in [1.807, 2.05) is 0 Å². The standard InChI is InChI=1S/C15H17N3O4/c1-2-22-15(21)12-10-13(11-4-6-16-7-5-11)17-18(14(12)20)8-3-9-19/h4-7,10,19H,2-3,8-9H2,1H3. The van der Waals surface area contributed by atoms with Gasteiger partial charge in [-0.25, -0.2) is 9.48 Å². The summed E-state index contributed by atoms with van der Waals surface area (Å²) < 4.78 is 6.10. The Kier molecular flexibility index (Phi) is 5.37. The lowest BCUT2D eigenvalue weighted by Gasteiger charge is -2.10. The van der Waals surface area contributed by atoms with E-state index >= 15 is 0 Å². The van der Waals surface area contributed by atoms with Crippen molar-refractivity contribution in [2.75, 3.05) is 13.2 Å². The Morgan fingerprint density at radius 1 is 1.36 bits per heavy atom. The van der Waals surface area contributed by atoms with Crippen LogP contribution in [0.5, 0.6) is 0 Å². The summed E-state index contributed by atoms with van der Waals surface area (Å²) in [6, 6.07) is 4.89. The van der Waals surface area contributed by atoms with Gasteiger partial charge in [-0.2, -0.15) is 5.10 Å². The van der Waals surface area contributed by atoms with Crippen LogP contribution in [0, 0.1) is 0 Å². The monoisotopic (exact) mass is 303 g/mol. The third kappa shape index (κ3) is 3.56. The molecule has 22 heavy (non-hydrogen) atoms. The molecule has 0 amide bonds. The van der Waals surface area contributed by atoms with Crippen molar-refractivity contribution in [2.45, 2.75) is 19.9 Å². The number of ether oxygens (including phenoxy) is 1. The van der Waals surface area contributed by atoms with E-state index in [2.05, 4.69) is 10.1 Å². The van der Waals surface area contributed by atoms with Crippen LogP contribution in [0.2, 0.25) is 0 Å². The quantitative estimate of drug-likeness (QED) is 0.796. The van der Waals surface area contributed by atoms with Crippen LogP contribution >= 0.6 is 0 Å². The number of aliphatic hydroxyl groups is 1. The van der Waals surface area contributed by atoms with E-state index in [4.69, 9.17) is 9.84 Å². The van der Waals surface area contributed by atoms with Gasteiger partial charge in [0.15, 0.2) is 0 Å². The maximum Gasteiger partial charge on any atom is 0.343 e. The van der Waals surface area contributed by atoms with E-state index in [0.29, 0.717) is 12.1 Å². The Labute approximate surface area is 127 Å². The van der Waals surface area contributed by atoms with Gasteiger partial charge in [0.2, 0.25) is 0 Å². The second-order valence-corrected chi connectivity index (χ2v) is 4.51. The zero-order chi connectivity index (χ0) is 15.9. The molecule has 2 aromatic heterocycles.